The lowest BCUT2D eigenvalue weighted by Crippen LogP contribution is -1.96. The summed E-state index contributed by atoms with van der Waals surface area (Å²) in [5.41, 5.74) is 0.688. The van der Waals surface area contributed by atoms with Crippen LogP contribution in [0.5, 0.6) is 0 Å². The molecular weight excluding hydrogens is 130 g/mol. The van der Waals surface area contributed by atoms with Crippen molar-refractivity contribution in [2.75, 3.05) is 0 Å². The maximum Gasteiger partial charge on any atom is 0.228 e. The van der Waals surface area contributed by atoms with Crippen LogP contribution in [0.1, 0.15) is 5.56 Å². The third kappa shape index (κ3) is 1.85. The third-order valence-corrected chi connectivity index (χ3v) is 1.08. The lowest BCUT2D eigenvalue weighted by molar-refractivity contribution is -0.496. The Labute approximate surface area is 58.4 Å². The molecule has 0 aliphatic carbocycles. The van der Waals surface area contributed by atoms with Crippen molar-refractivity contribution < 1.29 is 4.92 Å². The van der Waals surface area contributed by atoms with Crippen molar-refractivity contribution in [2.45, 2.75) is 6.54 Å². The summed E-state index contributed by atoms with van der Waals surface area (Å²) < 4.78 is 0. The van der Waals surface area contributed by atoms with Crippen LogP contribution in [-0.4, -0.2) is 4.92 Å². The predicted octanol–water partition coefficient (Wildman–Crippen LogP) is 1.26. The molecule has 0 spiro atoms. The minimum atomic E-state index is -0.358. The summed E-state index contributed by atoms with van der Waals surface area (Å²) in [5, 5.41) is 9.96. The molecule has 51 valence electrons. The van der Waals surface area contributed by atoms with E-state index in [1.54, 1.807) is 24.3 Å². The van der Waals surface area contributed by atoms with Crippen LogP contribution in [0.3, 0.4) is 0 Å². The van der Waals surface area contributed by atoms with Crippen molar-refractivity contribution >= 4 is 0 Å². The Morgan fingerprint density at radius 2 is 2.50 bits per heavy atom. The Hall–Kier alpha value is -1.38. The number of rotatable bonds is 2. The van der Waals surface area contributed by atoms with E-state index in [0.29, 0.717) is 5.56 Å². The number of hydrogen-bond donors (Lipinski definition) is 0. The van der Waals surface area contributed by atoms with Gasteiger partial charge in [-0.2, -0.15) is 0 Å². The zero-order valence-corrected chi connectivity index (χ0v) is 5.28. The van der Waals surface area contributed by atoms with Gasteiger partial charge in [0.15, 0.2) is 0 Å². The van der Waals surface area contributed by atoms with Gasteiger partial charge < -0.3 is 0 Å². The van der Waals surface area contributed by atoms with Crippen molar-refractivity contribution in [3.63, 3.8) is 0 Å². The quantitative estimate of drug-likeness (QED) is 0.453. The number of nitro groups is 1. The molecule has 1 aromatic carbocycles. The van der Waals surface area contributed by atoms with Gasteiger partial charge in [0.2, 0.25) is 6.54 Å². The first kappa shape index (κ1) is 6.74. The fraction of sp³-hybridized carbons (Fsp3) is 0.143. The average molecular weight is 136 g/mol. The maximum absolute atomic E-state index is 9.96. The SMILES string of the molecule is O=[N+]([O-])Cc1c[c]ccc1. The van der Waals surface area contributed by atoms with Crippen molar-refractivity contribution in [3.8, 4) is 0 Å². The van der Waals surface area contributed by atoms with Crippen LogP contribution in [0.25, 0.3) is 0 Å². The minimum Gasteiger partial charge on any atom is -0.264 e. The van der Waals surface area contributed by atoms with E-state index in [1.807, 2.05) is 0 Å². The van der Waals surface area contributed by atoms with Gasteiger partial charge in [0.05, 0.1) is 0 Å². The van der Waals surface area contributed by atoms with Crippen LogP contribution >= 0.6 is 0 Å². The summed E-state index contributed by atoms with van der Waals surface area (Å²) >= 11 is 0. The van der Waals surface area contributed by atoms with Gasteiger partial charge in [0.25, 0.3) is 0 Å². The smallest absolute Gasteiger partial charge is 0.228 e. The lowest BCUT2D eigenvalue weighted by atomic mass is 10.2. The average Bonchev–Trinajstić information content (AvgIpc) is 1.88. The van der Waals surface area contributed by atoms with E-state index < -0.39 is 0 Å². The molecule has 3 nitrogen and oxygen atoms in total. The molecule has 0 N–H and O–H groups in total. The summed E-state index contributed by atoms with van der Waals surface area (Å²) in [6, 6.07) is 9.53. The summed E-state index contributed by atoms with van der Waals surface area (Å²) in [7, 11) is 0. The molecular formula is C7H6NO2. The van der Waals surface area contributed by atoms with Gasteiger partial charge in [0.1, 0.15) is 0 Å². The van der Waals surface area contributed by atoms with Gasteiger partial charge in [-0.1, -0.05) is 18.2 Å². The summed E-state index contributed by atoms with van der Waals surface area (Å²) in [5.74, 6) is 0. The highest BCUT2D eigenvalue weighted by Crippen LogP contribution is 1.97. The maximum atomic E-state index is 9.96. The molecule has 10 heavy (non-hydrogen) atoms. The minimum absolute atomic E-state index is 0.114. The molecule has 1 rings (SSSR count). The first-order valence-corrected chi connectivity index (χ1v) is 2.86. The molecule has 1 radical (unpaired) electrons. The van der Waals surface area contributed by atoms with E-state index in [2.05, 4.69) is 6.07 Å². The topological polar surface area (TPSA) is 43.1 Å². The van der Waals surface area contributed by atoms with Crippen molar-refractivity contribution in [3.05, 3.63) is 46.0 Å². The van der Waals surface area contributed by atoms with Crippen molar-refractivity contribution in [2.24, 2.45) is 0 Å². The standard InChI is InChI=1S/C7H6NO2/c9-8(10)6-7-4-2-1-3-5-7/h1-2,4-5H,6H2. The number of hydrogen-bond acceptors (Lipinski definition) is 2. The highest BCUT2D eigenvalue weighted by atomic mass is 16.6. The molecule has 0 bridgehead atoms. The molecule has 0 saturated carbocycles. The van der Waals surface area contributed by atoms with Gasteiger partial charge in [0, 0.05) is 10.5 Å². The molecule has 0 aliphatic heterocycles. The molecule has 0 amide bonds. The van der Waals surface area contributed by atoms with E-state index in [1.165, 1.54) is 0 Å². The molecule has 0 aliphatic rings. The Morgan fingerprint density at radius 3 is 3.00 bits per heavy atom. The molecule has 0 aromatic heterocycles. The van der Waals surface area contributed by atoms with Gasteiger partial charge in [-0.25, -0.2) is 0 Å². The van der Waals surface area contributed by atoms with E-state index in [9.17, 15) is 10.1 Å². The summed E-state index contributed by atoms with van der Waals surface area (Å²) in [6.45, 7) is -0.114. The Bertz CT molecular complexity index is 220. The molecule has 3 heteroatoms. The van der Waals surface area contributed by atoms with Gasteiger partial charge in [-0.15, -0.1) is 0 Å². The number of benzene rings is 1. The zero-order valence-electron chi connectivity index (χ0n) is 5.28. The normalized spacial score (nSPS) is 9.20. The van der Waals surface area contributed by atoms with E-state index in [-0.39, 0.29) is 11.5 Å². The van der Waals surface area contributed by atoms with Crippen LogP contribution in [0.4, 0.5) is 0 Å². The molecule has 0 unspecified atom stereocenters. The van der Waals surface area contributed by atoms with Gasteiger partial charge >= 0.3 is 0 Å². The van der Waals surface area contributed by atoms with Crippen LogP contribution in [-0.2, 0) is 6.54 Å². The fourth-order valence-electron chi connectivity index (χ4n) is 0.678. The Morgan fingerprint density at radius 1 is 1.70 bits per heavy atom. The second-order valence-corrected chi connectivity index (χ2v) is 1.90. The van der Waals surface area contributed by atoms with Crippen molar-refractivity contribution in [1.29, 1.82) is 0 Å². The molecule has 0 fully saturated rings. The van der Waals surface area contributed by atoms with E-state index in [4.69, 9.17) is 0 Å². The second kappa shape index (κ2) is 2.96. The third-order valence-electron chi connectivity index (χ3n) is 1.08. The molecule has 0 heterocycles. The highest BCUT2D eigenvalue weighted by Gasteiger charge is 1.97. The van der Waals surface area contributed by atoms with Crippen LogP contribution in [0.15, 0.2) is 24.3 Å². The lowest BCUT2D eigenvalue weighted by Gasteiger charge is -1.90. The first-order valence-electron chi connectivity index (χ1n) is 2.86. The first-order chi connectivity index (χ1) is 4.79. The van der Waals surface area contributed by atoms with Crippen molar-refractivity contribution in [1.82, 2.24) is 0 Å². The molecule has 0 atom stereocenters. The fourth-order valence-corrected chi connectivity index (χ4v) is 0.678. The van der Waals surface area contributed by atoms with Gasteiger partial charge in [-0.05, 0) is 12.1 Å². The summed E-state index contributed by atoms with van der Waals surface area (Å²) in [4.78, 5) is 9.60. The number of nitrogens with zero attached hydrogens (tertiary/aromatic N) is 1. The summed E-state index contributed by atoms with van der Waals surface area (Å²) in [6.07, 6.45) is 0. The van der Waals surface area contributed by atoms with Crippen LogP contribution in [0, 0.1) is 16.2 Å². The Kier molecular flexibility index (Phi) is 1.99. The zero-order chi connectivity index (χ0) is 7.40. The van der Waals surface area contributed by atoms with Gasteiger partial charge in [-0.3, -0.25) is 10.1 Å². The highest BCUT2D eigenvalue weighted by molar-refractivity contribution is 5.12. The van der Waals surface area contributed by atoms with Crippen LogP contribution < -0.4 is 0 Å². The predicted molar refractivity (Wildman–Crippen MR) is 36.0 cm³/mol. The molecule has 0 saturated heterocycles. The Balaban J connectivity index is 2.67. The monoisotopic (exact) mass is 136 g/mol. The largest absolute Gasteiger partial charge is 0.264 e. The second-order valence-electron chi connectivity index (χ2n) is 1.90. The van der Waals surface area contributed by atoms with Crippen LogP contribution in [0.2, 0.25) is 0 Å². The van der Waals surface area contributed by atoms with E-state index >= 15 is 0 Å². The molecule has 1 aromatic rings. The van der Waals surface area contributed by atoms with E-state index in [0.717, 1.165) is 0 Å².